The van der Waals surface area contributed by atoms with Gasteiger partial charge in [-0.1, -0.05) is 23.2 Å². The summed E-state index contributed by atoms with van der Waals surface area (Å²) in [6, 6.07) is 5.30. The average Bonchev–Trinajstić information content (AvgIpc) is 3.01. The van der Waals surface area contributed by atoms with Crippen LogP contribution in [0.3, 0.4) is 0 Å². The zero-order chi connectivity index (χ0) is 39.1. The number of ether oxygens (including phenoxy) is 2. The fourth-order valence-corrected chi connectivity index (χ4v) is 4.54. The van der Waals surface area contributed by atoms with E-state index in [4.69, 9.17) is 65.1 Å². The molecule has 2 unspecified atom stereocenters. The standard InChI is InChI=1S/C17H11Cl2F3O5.C7H12ClN5.C5H12NO4P/c1-8(15(23)24)26-16(25)11-7-10(3-4-12(11)18)27-14-5-2-9(6-13(14)19)17(20,21)22;1-3-9-6-11-5(8)12-7(13-6)10-4-2;1-11(9,10)3-2-4(6)5(7)8/h2-8H,1H3,(H,23,24);3-4H2,1-2H3,(H2,9,10,11,12,13);4H,2-3,6H2,1H3,(H,7,8)(H,9,10)/t8-;;/m0../s1. The van der Waals surface area contributed by atoms with Crippen LogP contribution in [0, 0.1) is 0 Å². The smallest absolute Gasteiger partial charge is 0.416 e. The summed E-state index contributed by atoms with van der Waals surface area (Å²) in [6.07, 6.45) is -5.96. The second kappa shape index (κ2) is 20.8. The molecule has 0 spiro atoms. The number of halogens is 6. The molecule has 51 heavy (non-hydrogen) atoms. The fourth-order valence-electron chi connectivity index (χ4n) is 3.21. The van der Waals surface area contributed by atoms with Crippen molar-refractivity contribution in [3.63, 3.8) is 0 Å². The van der Waals surface area contributed by atoms with Gasteiger partial charge in [-0.15, -0.1) is 0 Å². The third-order valence-corrected chi connectivity index (χ3v) is 7.61. The maximum Gasteiger partial charge on any atom is 0.416 e. The molecule has 0 amide bonds. The molecule has 0 radical (unpaired) electrons. The van der Waals surface area contributed by atoms with Crippen LogP contribution < -0.4 is 21.1 Å². The quantitative estimate of drug-likeness (QED) is 0.0798. The molecular formula is C29H35Cl3F3N6O9P. The number of nitrogens with zero attached hydrogens (tertiary/aromatic N) is 3. The molecule has 2 aromatic carbocycles. The Morgan fingerprint density at radius 2 is 1.51 bits per heavy atom. The number of rotatable bonds is 13. The normalized spacial score (nSPS) is 13.1. The molecule has 15 nitrogen and oxygen atoms in total. The van der Waals surface area contributed by atoms with E-state index < -0.39 is 49.2 Å². The van der Waals surface area contributed by atoms with Crippen molar-refractivity contribution in [1.82, 2.24) is 15.0 Å². The Bertz CT molecular complexity index is 1680. The lowest BCUT2D eigenvalue weighted by molar-refractivity contribution is -0.146. The number of carbonyl (C=O) groups excluding carboxylic acids is 1. The number of carboxylic acids is 2. The van der Waals surface area contributed by atoms with Crippen molar-refractivity contribution >= 4 is 72.0 Å². The lowest BCUT2D eigenvalue weighted by Crippen LogP contribution is -2.30. The third kappa shape index (κ3) is 17.2. The first-order valence-electron chi connectivity index (χ1n) is 14.5. The lowest BCUT2D eigenvalue weighted by atomic mass is 10.2. The molecule has 3 rings (SSSR count). The summed E-state index contributed by atoms with van der Waals surface area (Å²) in [6.45, 7) is 7.78. The predicted octanol–water partition coefficient (Wildman–Crippen LogP) is 6.51. The molecule has 0 bridgehead atoms. The summed E-state index contributed by atoms with van der Waals surface area (Å²) in [5.74, 6) is -2.53. The minimum atomic E-state index is -4.56. The van der Waals surface area contributed by atoms with Gasteiger partial charge in [-0.25, -0.2) is 9.59 Å². The first-order chi connectivity index (χ1) is 23.6. The van der Waals surface area contributed by atoms with Crippen LogP contribution >= 0.6 is 42.2 Å². The molecule has 0 saturated carbocycles. The van der Waals surface area contributed by atoms with Gasteiger partial charge in [0.05, 0.1) is 21.2 Å². The van der Waals surface area contributed by atoms with E-state index in [0.717, 1.165) is 38.2 Å². The second-order valence-electron chi connectivity index (χ2n) is 10.1. The number of aromatic nitrogens is 3. The molecule has 0 fully saturated rings. The van der Waals surface area contributed by atoms with Crippen LogP contribution in [0.25, 0.3) is 0 Å². The maximum atomic E-state index is 12.7. The Hall–Kier alpha value is -3.93. The number of carboxylic acid groups (broad SMARTS) is 2. The van der Waals surface area contributed by atoms with Crippen LogP contribution in [-0.2, 0) is 25.1 Å². The van der Waals surface area contributed by atoms with Crippen molar-refractivity contribution in [2.45, 2.75) is 45.5 Å². The number of esters is 1. The Labute approximate surface area is 305 Å². The molecule has 0 saturated heterocycles. The molecule has 7 N–H and O–H groups in total. The van der Waals surface area contributed by atoms with E-state index in [1.807, 2.05) is 13.8 Å². The van der Waals surface area contributed by atoms with E-state index in [9.17, 15) is 32.1 Å². The molecule has 3 atom stereocenters. The molecule has 282 valence electrons. The first kappa shape index (κ1) is 45.1. The van der Waals surface area contributed by atoms with Crippen LogP contribution in [-0.4, -0.2) is 86.0 Å². The lowest BCUT2D eigenvalue weighted by Gasteiger charge is -2.13. The molecule has 0 aliphatic rings. The molecule has 3 aromatic rings. The van der Waals surface area contributed by atoms with E-state index in [2.05, 4.69) is 25.6 Å². The molecule has 0 aliphatic carbocycles. The number of alkyl halides is 3. The Morgan fingerprint density at radius 1 is 0.941 bits per heavy atom. The van der Waals surface area contributed by atoms with E-state index in [1.165, 1.54) is 18.8 Å². The summed E-state index contributed by atoms with van der Waals surface area (Å²) in [5, 5.41) is 22.9. The highest BCUT2D eigenvalue weighted by atomic mass is 35.5. The Kier molecular flexibility index (Phi) is 18.4. The van der Waals surface area contributed by atoms with Gasteiger partial charge in [0.1, 0.15) is 17.5 Å². The summed E-state index contributed by atoms with van der Waals surface area (Å²) in [7, 11) is -3.10. The number of anilines is 2. The number of nitrogens with two attached hydrogens (primary N) is 1. The number of carbonyl (C=O) groups is 3. The van der Waals surface area contributed by atoms with Crippen molar-refractivity contribution in [2.75, 3.05) is 36.5 Å². The Balaban J connectivity index is 0.000000448. The highest BCUT2D eigenvalue weighted by molar-refractivity contribution is 7.57. The van der Waals surface area contributed by atoms with Crippen molar-refractivity contribution < 1.29 is 56.7 Å². The first-order valence-corrected chi connectivity index (χ1v) is 17.9. The van der Waals surface area contributed by atoms with Gasteiger partial charge >= 0.3 is 24.1 Å². The fraction of sp³-hybridized carbons (Fsp3) is 0.379. The number of aliphatic carboxylic acids is 2. The van der Waals surface area contributed by atoms with Gasteiger partial charge in [0.25, 0.3) is 0 Å². The van der Waals surface area contributed by atoms with Crippen LogP contribution in [0.15, 0.2) is 36.4 Å². The van der Waals surface area contributed by atoms with Crippen molar-refractivity contribution in [3.8, 4) is 11.5 Å². The molecular weight excluding hydrogens is 771 g/mol. The third-order valence-electron chi connectivity index (χ3n) is 5.73. The number of nitrogens with one attached hydrogen (secondary N) is 2. The minimum Gasteiger partial charge on any atom is -0.480 e. The predicted molar refractivity (Wildman–Crippen MR) is 185 cm³/mol. The monoisotopic (exact) mass is 804 g/mol. The summed E-state index contributed by atoms with van der Waals surface area (Å²) in [5.41, 5.74) is 3.97. The summed E-state index contributed by atoms with van der Waals surface area (Å²) >= 11 is 17.4. The Morgan fingerprint density at radius 3 is 1.96 bits per heavy atom. The van der Waals surface area contributed by atoms with Gasteiger partial charge in [-0.05, 0) is 75.2 Å². The highest BCUT2D eigenvalue weighted by Gasteiger charge is 2.31. The SMILES string of the molecule is CCNc1nc(Cl)nc(NCC)n1.CP(=O)(O)CCC(N)C(=O)O.C[C@H](OC(=O)c1cc(Oc2ccc(C(F)(F)F)cc2Cl)ccc1Cl)C(=O)O. The highest BCUT2D eigenvalue weighted by Crippen LogP contribution is 2.37. The van der Waals surface area contributed by atoms with Crippen molar-refractivity contribution in [1.29, 1.82) is 0 Å². The molecule has 22 heteroatoms. The van der Waals surface area contributed by atoms with Crippen molar-refractivity contribution in [3.05, 3.63) is 62.9 Å². The summed E-state index contributed by atoms with van der Waals surface area (Å²) < 4.78 is 58.8. The van der Waals surface area contributed by atoms with Crippen molar-refractivity contribution in [2.24, 2.45) is 5.73 Å². The van der Waals surface area contributed by atoms with E-state index in [0.29, 0.717) is 18.0 Å². The number of hydrogen-bond acceptors (Lipinski definition) is 12. The van der Waals surface area contributed by atoms with Crippen LogP contribution in [0.5, 0.6) is 11.5 Å². The van der Waals surface area contributed by atoms with Gasteiger partial charge in [0.15, 0.2) is 13.5 Å². The van der Waals surface area contributed by atoms with Gasteiger partial charge < -0.3 is 40.9 Å². The molecule has 0 aliphatic heterocycles. The maximum absolute atomic E-state index is 12.7. The largest absolute Gasteiger partial charge is 0.480 e. The van der Waals surface area contributed by atoms with Gasteiger partial charge in [-0.3, -0.25) is 9.36 Å². The molecule has 1 aromatic heterocycles. The van der Waals surface area contributed by atoms with Gasteiger partial charge in [-0.2, -0.15) is 28.1 Å². The topological polar surface area (TPSA) is 236 Å². The van der Waals surface area contributed by atoms with E-state index in [-0.39, 0.29) is 45.0 Å². The minimum absolute atomic E-state index is 0.0246. The zero-order valence-electron chi connectivity index (χ0n) is 27.4. The average molecular weight is 806 g/mol. The van der Waals surface area contributed by atoms with Crippen LogP contribution in [0.4, 0.5) is 25.1 Å². The number of benzene rings is 2. The zero-order valence-corrected chi connectivity index (χ0v) is 30.5. The molecule has 1 heterocycles. The summed E-state index contributed by atoms with van der Waals surface area (Å²) in [4.78, 5) is 53.6. The van der Waals surface area contributed by atoms with Gasteiger partial charge in [0.2, 0.25) is 17.2 Å². The van der Waals surface area contributed by atoms with Crippen LogP contribution in [0.2, 0.25) is 15.3 Å². The van der Waals surface area contributed by atoms with Gasteiger partial charge in [0, 0.05) is 25.9 Å². The van der Waals surface area contributed by atoms with Crippen LogP contribution in [0.1, 0.15) is 43.1 Å². The second-order valence-corrected chi connectivity index (χ2v) is 13.8. The van der Waals surface area contributed by atoms with E-state index >= 15 is 0 Å². The van der Waals surface area contributed by atoms with E-state index in [1.54, 1.807) is 0 Å². The number of hydrogen-bond donors (Lipinski definition) is 6.